The van der Waals surface area contributed by atoms with E-state index in [0.29, 0.717) is 33.6 Å². The van der Waals surface area contributed by atoms with E-state index in [-0.39, 0.29) is 17.2 Å². The van der Waals surface area contributed by atoms with Gasteiger partial charge in [-0.05, 0) is 36.8 Å². The molecule has 0 radical (unpaired) electrons. The standard InChI is InChI=1S/C20H15FN4O2/c1-11-8-12(27-16-5-3-2-4-14(16)21)9-24-18(11)19(26)13-10-25-20-17(13)15(22)6-7-23-20/h2-10H,1H3,(H3,22,23,25). The number of nitrogens with zero attached hydrogens (tertiary/aromatic N) is 2. The number of hydrogen-bond acceptors (Lipinski definition) is 5. The minimum atomic E-state index is -0.475. The average Bonchev–Trinajstić information content (AvgIpc) is 3.09. The Morgan fingerprint density at radius 3 is 2.81 bits per heavy atom. The second-order valence-corrected chi connectivity index (χ2v) is 6.02. The monoisotopic (exact) mass is 362 g/mol. The number of rotatable bonds is 4. The summed E-state index contributed by atoms with van der Waals surface area (Å²) in [7, 11) is 0. The lowest BCUT2D eigenvalue weighted by atomic mass is 10.0. The number of hydrogen-bond donors (Lipinski definition) is 2. The number of H-pyrrole nitrogens is 1. The molecule has 3 N–H and O–H groups in total. The van der Waals surface area contributed by atoms with Crippen LogP contribution in [0.5, 0.6) is 11.5 Å². The van der Waals surface area contributed by atoms with Crippen LogP contribution in [0.3, 0.4) is 0 Å². The van der Waals surface area contributed by atoms with Gasteiger partial charge in [0, 0.05) is 18.1 Å². The fraction of sp³-hybridized carbons (Fsp3) is 0.0500. The lowest BCUT2D eigenvalue weighted by Gasteiger charge is -2.09. The molecule has 4 aromatic rings. The summed E-state index contributed by atoms with van der Waals surface area (Å²) in [5, 5.41) is 0.565. The largest absolute Gasteiger partial charge is 0.453 e. The molecule has 0 bridgehead atoms. The molecular formula is C20H15FN4O2. The molecular weight excluding hydrogens is 347 g/mol. The molecule has 0 aliphatic heterocycles. The van der Waals surface area contributed by atoms with Gasteiger partial charge in [-0.25, -0.2) is 14.4 Å². The quantitative estimate of drug-likeness (QED) is 0.535. The molecule has 7 heteroatoms. The summed E-state index contributed by atoms with van der Waals surface area (Å²) in [6.45, 7) is 1.74. The van der Waals surface area contributed by atoms with E-state index in [1.54, 1.807) is 43.6 Å². The van der Waals surface area contributed by atoms with E-state index in [1.807, 2.05) is 0 Å². The van der Waals surface area contributed by atoms with Gasteiger partial charge < -0.3 is 15.5 Å². The van der Waals surface area contributed by atoms with Crippen LogP contribution in [0.1, 0.15) is 21.6 Å². The number of aromatic amines is 1. The highest BCUT2D eigenvalue weighted by Crippen LogP contribution is 2.28. The highest BCUT2D eigenvalue weighted by molar-refractivity contribution is 6.17. The third-order valence-corrected chi connectivity index (χ3v) is 4.18. The number of anilines is 1. The van der Waals surface area contributed by atoms with Crippen molar-refractivity contribution in [1.29, 1.82) is 0 Å². The van der Waals surface area contributed by atoms with Crippen molar-refractivity contribution in [2.75, 3.05) is 5.73 Å². The molecule has 0 spiro atoms. The zero-order chi connectivity index (χ0) is 19.0. The van der Waals surface area contributed by atoms with Crippen molar-refractivity contribution >= 4 is 22.5 Å². The van der Waals surface area contributed by atoms with E-state index < -0.39 is 5.82 Å². The predicted molar refractivity (Wildman–Crippen MR) is 99.4 cm³/mol. The third-order valence-electron chi connectivity index (χ3n) is 4.18. The van der Waals surface area contributed by atoms with Crippen molar-refractivity contribution in [3.8, 4) is 11.5 Å². The lowest BCUT2D eigenvalue weighted by molar-refractivity contribution is 0.103. The Morgan fingerprint density at radius 1 is 1.22 bits per heavy atom. The Kier molecular flexibility index (Phi) is 4.04. The number of halogens is 1. The Morgan fingerprint density at radius 2 is 2.04 bits per heavy atom. The minimum Gasteiger partial charge on any atom is -0.453 e. The minimum absolute atomic E-state index is 0.0910. The van der Waals surface area contributed by atoms with Gasteiger partial charge in [0.1, 0.15) is 17.1 Å². The number of carbonyl (C=O) groups is 1. The zero-order valence-corrected chi connectivity index (χ0v) is 14.4. The van der Waals surface area contributed by atoms with Gasteiger partial charge in [0.05, 0.1) is 17.1 Å². The number of para-hydroxylation sites is 1. The molecule has 0 amide bonds. The molecule has 0 saturated heterocycles. The molecule has 0 aliphatic rings. The Balaban J connectivity index is 1.68. The first kappa shape index (κ1) is 16.7. The summed E-state index contributed by atoms with van der Waals surface area (Å²) in [4.78, 5) is 24.3. The number of nitrogen functional groups attached to an aromatic ring is 1. The number of aromatic nitrogens is 3. The number of carbonyl (C=O) groups excluding carboxylic acids is 1. The van der Waals surface area contributed by atoms with Gasteiger partial charge >= 0.3 is 0 Å². The van der Waals surface area contributed by atoms with E-state index in [1.165, 1.54) is 18.3 Å². The van der Waals surface area contributed by atoms with Crippen molar-refractivity contribution < 1.29 is 13.9 Å². The average molecular weight is 362 g/mol. The molecule has 4 rings (SSSR count). The molecule has 6 nitrogen and oxygen atoms in total. The van der Waals surface area contributed by atoms with E-state index in [0.717, 1.165) is 0 Å². The van der Waals surface area contributed by atoms with Crippen molar-refractivity contribution in [3.05, 3.63) is 77.6 Å². The summed E-state index contributed by atoms with van der Waals surface area (Å²) in [6.07, 6.45) is 4.53. The van der Waals surface area contributed by atoms with E-state index in [4.69, 9.17) is 10.5 Å². The molecule has 0 fully saturated rings. The maximum Gasteiger partial charge on any atom is 0.213 e. The number of nitrogens with two attached hydrogens (primary N) is 1. The van der Waals surface area contributed by atoms with Crippen LogP contribution < -0.4 is 10.5 Å². The SMILES string of the molecule is Cc1cc(Oc2ccccc2F)cnc1C(=O)c1c[nH]c2nccc(N)c12. The van der Waals surface area contributed by atoms with Crippen LogP contribution in [0.2, 0.25) is 0 Å². The fourth-order valence-corrected chi connectivity index (χ4v) is 2.89. The Hall–Kier alpha value is -3.74. The van der Waals surface area contributed by atoms with E-state index >= 15 is 0 Å². The van der Waals surface area contributed by atoms with Crippen LogP contribution in [-0.2, 0) is 0 Å². The van der Waals surface area contributed by atoms with Crippen molar-refractivity contribution in [1.82, 2.24) is 15.0 Å². The number of aryl methyl sites for hydroxylation is 1. The van der Waals surface area contributed by atoms with Crippen molar-refractivity contribution in [2.24, 2.45) is 0 Å². The lowest BCUT2D eigenvalue weighted by Crippen LogP contribution is -2.07. The second-order valence-electron chi connectivity index (χ2n) is 6.02. The zero-order valence-electron chi connectivity index (χ0n) is 14.4. The topological polar surface area (TPSA) is 93.9 Å². The van der Waals surface area contributed by atoms with Gasteiger partial charge in [0.2, 0.25) is 5.78 Å². The number of nitrogens with one attached hydrogen (secondary N) is 1. The van der Waals surface area contributed by atoms with E-state index in [2.05, 4.69) is 15.0 Å². The molecule has 1 aromatic carbocycles. The van der Waals surface area contributed by atoms with Crippen LogP contribution in [0.15, 0.2) is 55.0 Å². The third kappa shape index (κ3) is 2.99. The van der Waals surface area contributed by atoms with Crippen LogP contribution >= 0.6 is 0 Å². The highest BCUT2D eigenvalue weighted by Gasteiger charge is 2.20. The summed E-state index contributed by atoms with van der Waals surface area (Å²) in [6, 6.07) is 9.36. The molecule has 27 heavy (non-hydrogen) atoms. The number of ether oxygens (including phenoxy) is 1. The van der Waals surface area contributed by atoms with Crippen LogP contribution in [0.4, 0.5) is 10.1 Å². The number of benzene rings is 1. The van der Waals surface area contributed by atoms with Gasteiger partial charge in [0.15, 0.2) is 11.6 Å². The number of pyridine rings is 2. The van der Waals surface area contributed by atoms with Crippen LogP contribution in [-0.4, -0.2) is 20.7 Å². The van der Waals surface area contributed by atoms with Crippen molar-refractivity contribution in [2.45, 2.75) is 6.92 Å². The molecule has 0 atom stereocenters. The van der Waals surface area contributed by atoms with Gasteiger partial charge in [-0.2, -0.15) is 0 Å². The first-order valence-corrected chi connectivity index (χ1v) is 8.20. The van der Waals surface area contributed by atoms with Crippen molar-refractivity contribution in [3.63, 3.8) is 0 Å². The Labute approximate surface area is 153 Å². The molecule has 0 unspecified atom stereocenters. The first-order chi connectivity index (χ1) is 13.0. The fourth-order valence-electron chi connectivity index (χ4n) is 2.89. The smallest absolute Gasteiger partial charge is 0.213 e. The normalized spacial score (nSPS) is 10.9. The van der Waals surface area contributed by atoms with Crippen LogP contribution in [0.25, 0.3) is 11.0 Å². The summed E-state index contributed by atoms with van der Waals surface area (Å²) >= 11 is 0. The van der Waals surface area contributed by atoms with Gasteiger partial charge in [-0.15, -0.1) is 0 Å². The molecule has 0 aliphatic carbocycles. The maximum atomic E-state index is 13.7. The van der Waals surface area contributed by atoms with Crippen LogP contribution in [0, 0.1) is 12.7 Å². The molecule has 134 valence electrons. The Bertz CT molecular complexity index is 1170. The second kappa shape index (κ2) is 6.53. The summed E-state index contributed by atoms with van der Waals surface area (Å²) in [5.41, 5.74) is 8.25. The molecule has 0 saturated carbocycles. The summed E-state index contributed by atoms with van der Waals surface area (Å²) < 4.78 is 19.3. The maximum absolute atomic E-state index is 13.7. The molecule has 3 aromatic heterocycles. The van der Waals surface area contributed by atoms with Gasteiger partial charge in [-0.1, -0.05) is 12.1 Å². The predicted octanol–water partition coefficient (Wildman–Crippen LogP) is 4.01. The highest BCUT2D eigenvalue weighted by atomic mass is 19.1. The van der Waals surface area contributed by atoms with E-state index in [9.17, 15) is 9.18 Å². The summed E-state index contributed by atoms with van der Waals surface area (Å²) in [5.74, 6) is -0.324. The number of ketones is 1. The molecule has 3 heterocycles. The first-order valence-electron chi connectivity index (χ1n) is 8.20. The van der Waals surface area contributed by atoms with Gasteiger partial charge in [0.25, 0.3) is 0 Å². The number of fused-ring (bicyclic) bond motifs is 1. The van der Waals surface area contributed by atoms with Gasteiger partial charge in [-0.3, -0.25) is 4.79 Å².